The molecule has 0 heterocycles. The van der Waals surface area contributed by atoms with E-state index in [9.17, 15) is 0 Å². The van der Waals surface area contributed by atoms with E-state index in [1.54, 1.807) is 14.2 Å². The second-order valence-electron chi connectivity index (χ2n) is 3.07. The number of rotatable bonds is 5. The Labute approximate surface area is 86.1 Å². The predicted molar refractivity (Wildman–Crippen MR) is 59.7 cm³/mol. The van der Waals surface area contributed by atoms with E-state index < -0.39 is 8.56 Å². The second kappa shape index (κ2) is 5.26. The number of hydrogen-bond acceptors (Lipinski definition) is 3. The molecule has 78 valence electrons. The lowest BCUT2D eigenvalue weighted by Crippen LogP contribution is -2.53. The van der Waals surface area contributed by atoms with E-state index >= 15 is 0 Å². The summed E-state index contributed by atoms with van der Waals surface area (Å²) in [6, 6.07) is 10.8. The van der Waals surface area contributed by atoms with E-state index in [4.69, 9.17) is 14.6 Å². The van der Waals surface area contributed by atoms with Crippen LogP contribution in [0.5, 0.6) is 0 Å². The first kappa shape index (κ1) is 11.4. The maximum atomic E-state index is 5.58. The molecular formula is C10H17NO2Si. The molecular weight excluding hydrogens is 194 g/mol. The maximum absolute atomic E-state index is 5.58. The van der Waals surface area contributed by atoms with Crippen LogP contribution < -0.4 is 10.9 Å². The molecule has 4 heteroatoms. The summed E-state index contributed by atoms with van der Waals surface area (Å²) in [5.41, 5.74) is 5.58. The van der Waals surface area contributed by atoms with Gasteiger partial charge in [-0.05, 0) is 11.7 Å². The normalized spacial score (nSPS) is 11.6. The van der Waals surface area contributed by atoms with Crippen LogP contribution in [-0.4, -0.2) is 29.3 Å². The van der Waals surface area contributed by atoms with Crippen molar-refractivity contribution in [1.29, 1.82) is 0 Å². The highest BCUT2D eigenvalue weighted by Crippen LogP contribution is 2.10. The Morgan fingerprint density at radius 3 is 2.14 bits per heavy atom. The summed E-state index contributed by atoms with van der Waals surface area (Å²) >= 11 is 0. The first-order chi connectivity index (χ1) is 6.79. The van der Waals surface area contributed by atoms with Crippen LogP contribution in [0.1, 0.15) is 0 Å². The van der Waals surface area contributed by atoms with Gasteiger partial charge in [0.25, 0.3) is 0 Å². The first-order valence-electron chi connectivity index (χ1n) is 4.65. The van der Waals surface area contributed by atoms with Gasteiger partial charge in [0, 0.05) is 20.3 Å². The molecule has 0 aliphatic rings. The zero-order valence-electron chi connectivity index (χ0n) is 8.69. The number of nitrogens with two attached hydrogens (primary N) is 1. The Balaban J connectivity index is 2.98. The fourth-order valence-electron chi connectivity index (χ4n) is 1.55. The van der Waals surface area contributed by atoms with E-state index in [2.05, 4.69) is 0 Å². The zero-order valence-corrected chi connectivity index (χ0v) is 9.69. The molecule has 0 unspecified atom stereocenters. The highest BCUT2D eigenvalue weighted by molar-refractivity contribution is 6.81. The largest absolute Gasteiger partial charge is 0.394 e. The van der Waals surface area contributed by atoms with Crippen LogP contribution in [0.2, 0.25) is 6.04 Å². The summed E-state index contributed by atoms with van der Waals surface area (Å²) < 4.78 is 11.1. The van der Waals surface area contributed by atoms with Gasteiger partial charge in [0.05, 0.1) is 0 Å². The SMILES string of the molecule is CO[Si](CCN)(OC)c1ccccc1. The lowest BCUT2D eigenvalue weighted by Gasteiger charge is -2.27. The fourth-order valence-corrected chi connectivity index (χ4v) is 3.96. The molecule has 0 saturated heterocycles. The Morgan fingerprint density at radius 1 is 1.14 bits per heavy atom. The molecule has 0 amide bonds. The molecule has 0 fully saturated rings. The van der Waals surface area contributed by atoms with Gasteiger partial charge >= 0.3 is 8.56 Å². The summed E-state index contributed by atoms with van der Waals surface area (Å²) in [5, 5.41) is 1.13. The van der Waals surface area contributed by atoms with Crippen LogP contribution in [0.3, 0.4) is 0 Å². The Hall–Kier alpha value is -0.683. The first-order valence-corrected chi connectivity index (χ1v) is 6.67. The third-order valence-corrected chi connectivity index (χ3v) is 5.83. The van der Waals surface area contributed by atoms with Crippen molar-refractivity contribution in [1.82, 2.24) is 0 Å². The van der Waals surface area contributed by atoms with Gasteiger partial charge in [0.1, 0.15) is 0 Å². The van der Waals surface area contributed by atoms with Gasteiger partial charge in [-0.1, -0.05) is 30.3 Å². The van der Waals surface area contributed by atoms with Crippen molar-refractivity contribution in [3.63, 3.8) is 0 Å². The third kappa shape index (κ3) is 2.22. The summed E-state index contributed by atoms with van der Waals surface area (Å²) in [6.07, 6.45) is 0. The highest BCUT2D eigenvalue weighted by atomic mass is 28.4. The van der Waals surface area contributed by atoms with Crippen LogP contribution in [-0.2, 0) is 8.85 Å². The molecule has 3 nitrogen and oxygen atoms in total. The van der Waals surface area contributed by atoms with Crippen molar-refractivity contribution in [3.8, 4) is 0 Å². The molecule has 14 heavy (non-hydrogen) atoms. The summed E-state index contributed by atoms with van der Waals surface area (Å²) in [7, 11) is 1.14. The molecule has 0 radical (unpaired) electrons. The van der Waals surface area contributed by atoms with E-state index in [1.807, 2.05) is 30.3 Å². The van der Waals surface area contributed by atoms with Gasteiger partial charge in [-0.3, -0.25) is 0 Å². The smallest absolute Gasteiger partial charge is 0.373 e. The van der Waals surface area contributed by atoms with Gasteiger partial charge in [-0.25, -0.2) is 0 Å². The fraction of sp³-hybridized carbons (Fsp3) is 0.400. The molecule has 0 aliphatic carbocycles. The standard InChI is InChI=1S/C10H17NO2Si/c1-12-14(13-2,9-8-11)10-6-4-3-5-7-10/h3-7H,8-9,11H2,1-2H3. The molecule has 0 aromatic heterocycles. The van der Waals surface area contributed by atoms with Gasteiger partial charge in [0.2, 0.25) is 0 Å². The van der Waals surface area contributed by atoms with Crippen molar-refractivity contribution in [2.45, 2.75) is 6.04 Å². The molecule has 1 aromatic rings. The minimum atomic E-state index is -2.24. The average molecular weight is 211 g/mol. The third-order valence-electron chi connectivity index (χ3n) is 2.35. The van der Waals surface area contributed by atoms with E-state index in [0.717, 1.165) is 11.2 Å². The lowest BCUT2D eigenvalue weighted by molar-refractivity contribution is 0.258. The van der Waals surface area contributed by atoms with Crippen molar-refractivity contribution in [3.05, 3.63) is 30.3 Å². The minimum absolute atomic E-state index is 0.586. The van der Waals surface area contributed by atoms with Crippen molar-refractivity contribution in [2.24, 2.45) is 5.73 Å². The number of benzene rings is 1. The molecule has 1 aromatic carbocycles. The van der Waals surface area contributed by atoms with Crippen molar-refractivity contribution in [2.75, 3.05) is 20.8 Å². The van der Waals surface area contributed by atoms with E-state index in [1.165, 1.54) is 0 Å². The Bertz CT molecular complexity index is 262. The van der Waals surface area contributed by atoms with Gasteiger partial charge in [0.15, 0.2) is 0 Å². The molecule has 2 N–H and O–H groups in total. The molecule has 0 spiro atoms. The molecule has 0 saturated carbocycles. The van der Waals surface area contributed by atoms with Crippen molar-refractivity contribution < 1.29 is 8.85 Å². The van der Waals surface area contributed by atoms with Crippen LogP contribution in [0.25, 0.3) is 0 Å². The average Bonchev–Trinajstić information content (AvgIpc) is 2.27. The Morgan fingerprint density at radius 2 is 1.71 bits per heavy atom. The zero-order chi connectivity index (χ0) is 10.4. The summed E-state index contributed by atoms with van der Waals surface area (Å²) in [5.74, 6) is 0. The van der Waals surface area contributed by atoms with Gasteiger partial charge in [-0.15, -0.1) is 0 Å². The van der Waals surface area contributed by atoms with Crippen LogP contribution in [0.15, 0.2) is 30.3 Å². The van der Waals surface area contributed by atoms with E-state index in [-0.39, 0.29) is 0 Å². The van der Waals surface area contributed by atoms with Gasteiger partial charge < -0.3 is 14.6 Å². The Kier molecular flexibility index (Phi) is 4.28. The van der Waals surface area contributed by atoms with Crippen molar-refractivity contribution >= 4 is 13.7 Å². The highest BCUT2D eigenvalue weighted by Gasteiger charge is 2.36. The summed E-state index contributed by atoms with van der Waals surface area (Å²) in [6.45, 7) is 0.586. The molecule has 0 atom stereocenters. The predicted octanol–water partition coefficient (Wildman–Crippen LogP) is 0.587. The van der Waals surface area contributed by atoms with Gasteiger partial charge in [-0.2, -0.15) is 0 Å². The van der Waals surface area contributed by atoms with Crippen LogP contribution in [0.4, 0.5) is 0 Å². The lowest BCUT2D eigenvalue weighted by atomic mass is 10.4. The quantitative estimate of drug-likeness (QED) is 0.725. The second-order valence-corrected chi connectivity index (χ2v) is 6.47. The molecule has 1 rings (SSSR count). The topological polar surface area (TPSA) is 44.5 Å². The van der Waals surface area contributed by atoms with Crippen LogP contribution in [0, 0.1) is 0 Å². The maximum Gasteiger partial charge on any atom is 0.373 e. The van der Waals surface area contributed by atoms with E-state index in [0.29, 0.717) is 6.54 Å². The van der Waals surface area contributed by atoms with Crippen LogP contribution >= 0.6 is 0 Å². The number of hydrogen-bond donors (Lipinski definition) is 1. The summed E-state index contributed by atoms with van der Waals surface area (Å²) in [4.78, 5) is 0. The molecule has 0 bridgehead atoms. The monoisotopic (exact) mass is 211 g/mol. The molecule has 0 aliphatic heterocycles. The minimum Gasteiger partial charge on any atom is -0.394 e.